The summed E-state index contributed by atoms with van der Waals surface area (Å²) in [5.41, 5.74) is 4.97. The fourth-order valence-electron chi connectivity index (χ4n) is 4.37. The van der Waals surface area contributed by atoms with Crippen LogP contribution in [0.5, 0.6) is 0 Å². The molecule has 0 unspecified atom stereocenters. The second-order valence-electron chi connectivity index (χ2n) is 9.76. The van der Waals surface area contributed by atoms with Crippen molar-refractivity contribution in [2.45, 2.75) is 70.0 Å². The normalized spacial score (nSPS) is 11.0. The molecule has 0 bridgehead atoms. The number of thioether (sulfide) groups is 1. The molecule has 204 valence electrons. The third-order valence-corrected chi connectivity index (χ3v) is 7.23. The number of hydrogen-bond donors (Lipinski definition) is 2. The summed E-state index contributed by atoms with van der Waals surface area (Å²) in [5.74, 6) is 0.000882. The molecule has 0 aliphatic heterocycles. The molecule has 2 heterocycles. The Morgan fingerprint density at radius 2 is 1.67 bits per heavy atom. The summed E-state index contributed by atoms with van der Waals surface area (Å²) in [7, 11) is 0. The number of carbonyl (C=O) groups is 2. The number of nitrogens with one attached hydrogen (secondary N) is 2. The van der Waals surface area contributed by atoms with E-state index in [-0.39, 0.29) is 17.6 Å². The van der Waals surface area contributed by atoms with Gasteiger partial charge in [0.25, 0.3) is 0 Å². The highest BCUT2D eigenvalue weighted by molar-refractivity contribution is 8.13. The van der Waals surface area contributed by atoms with E-state index in [0.717, 1.165) is 59.2 Å². The topological polar surface area (TPSA) is 92.7 Å². The fourth-order valence-corrected chi connectivity index (χ4v) is 5.11. The van der Waals surface area contributed by atoms with Gasteiger partial charge in [-0.3, -0.25) is 9.59 Å². The number of aromatic nitrogens is 4. The van der Waals surface area contributed by atoms with Gasteiger partial charge in [0.1, 0.15) is 6.54 Å². The van der Waals surface area contributed by atoms with Crippen molar-refractivity contribution in [3.63, 3.8) is 0 Å². The highest BCUT2D eigenvalue weighted by Crippen LogP contribution is 2.22. The number of H-pyrrole nitrogens is 1. The molecule has 4 rings (SSSR count). The third kappa shape index (κ3) is 9.55. The Morgan fingerprint density at radius 3 is 2.46 bits per heavy atom. The lowest BCUT2D eigenvalue weighted by molar-refractivity contribution is -0.121. The van der Waals surface area contributed by atoms with E-state index in [4.69, 9.17) is 0 Å². The summed E-state index contributed by atoms with van der Waals surface area (Å²) < 4.78 is 1.80. The summed E-state index contributed by atoms with van der Waals surface area (Å²) in [4.78, 5) is 36.8. The lowest BCUT2D eigenvalue weighted by Gasteiger charge is -2.05. The molecule has 7 nitrogen and oxygen atoms in total. The molecule has 0 aliphatic rings. The predicted octanol–water partition coefficient (Wildman–Crippen LogP) is 6.20. The van der Waals surface area contributed by atoms with Gasteiger partial charge in [-0.05, 0) is 34.9 Å². The van der Waals surface area contributed by atoms with Crippen molar-refractivity contribution in [3.8, 4) is 11.1 Å². The highest BCUT2D eigenvalue weighted by atomic mass is 32.2. The predicted molar refractivity (Wildman–Crippen MR) is 156 cm³/mol. The van der Waals surface area contributed by atoms with Crippen LogP contribution >= 0.6 is 11.8 Å². The Kier molecular flexibility index (Phi) is 11.0. The average Bonchev–Trinajstić information content (AvgIpc) is 3.58. The molecule has 0 atom stereocenters. The lowest BCUT2D eigenvalue weighted by atomic mass is 10.0. The SMILES string of the molecule is CCCCCCCCNC(=O)Cn1cnc(Cc2cnc(SC(=O)Cc3ccc(-c4ccccc4)cc3)[nH]2)c1. The van der Waals surface area contributed by atoms with Crippen molar-refractivity contribution in [1.29, 1.82) is 0 Å². The first-order valence-corrected chi connectivity index (χ1v) is 14.6. The van der Waals surface area contributed by atoms with Crippen LogP contribution in [0.25, 0.3) is 11.1 Å². The molecule has 2 aromatic carbocycles. The number of benzene rings is 2. The molecular formula is C31H37N5O2S. The number of imidazole rings is 2. The minimum atomic E-state index is 0.000882. The Hall–Kier alpha value is -3.65. The number of nitrogens with zero attached hydrogens (tertiary/aromatic N) is 3. The van der Waals surface area contributed by atoms with E-state index in [1.165, 1.54) is 25.7 Å². The Morgan fingerprint density at radius 1 is 0.923 bits per heavy atom. The van der Waals surface area contributed by atoms with Crippen LogP contribution in [0.4, 0.5) is 0 Å². The highest BCUT2D eigenvalue weighted by Gasteiger charge is 2.12. The van der Waals surface area contributed by atoms with Crippen molar-refractivity contribution >= 4 is 22.8 Å². The number of hydrogen-bond acceptors (Lipinski definition) is 5. The van der Waals surface area contributed by atoms with Crippen LogP contribution < -0.4 is 5.32 Å². The van der Waals surface area contributed by atoms with Crippen LogP contribution in [0, 0.1) is 0 Å². The number of rotatable bonds is 15. The molecule has 0 spiro atoms. The zero-order valence-electron chi connectivity index (χ0n) is 22.6. The maximum absolute atomic E-state index is 12.6. The van der Waals surface area contributed by atoms with Gasteiger partial charge >= 0.3 is 0 Å². The lowest BCUT2D eigenvalue weighted by Crippen LogP contribution is -2.28. The molecule has 8 heteroatoms. The average molecular weight is 544 g/mol. The minimum absolute atomic E-state index is 0.000882. The molecular weight excluding hydrogens is 506 g/mol. The molecule has 2 aromatic heterocycles. The van der Waals surface area contributed by atoms with Gasteiger partial charge in [0, 0.05) is 37.5 Å². The summed E-state index contributed by atoms with van der Waals surface area (Å²) in [5, 5.41) is 3.59. The van der Waals surface area contributed by atoms with Crippen molar-refractivity contribution in [2.75, 3.05) is 6.54 Å². The van der Waals surface area contributed by atoms with Gasteiger partial charge in [0.05, 0.1) is 12.0 Å². The smallest absolute Gasteiger partial charge is 0.239 e. The second-order valence-corrected chi connectivity index (χ2v) is 10.8. The van der Waals surface area contributed by atoms with Gasteiger partial charge in [-0.1, -0.05) is 93.6 Å². The van der Waals surface area contributed by atoms with Crippen molar-refractivity contribution < 1.29 is 9.59 Å². The Balaban J connectivity index is 1.18. The molecule has 4 aromatic rings. The van der Waals surface area contributed by atoms with Gasteiger partial charge in [-0.25, -0.2) is 9.97 Å². The monoisotopic (exact) mass is 543 g/mol. The van der Waals surface area contributed by atoms with Crippen LogP contribution in [0.1, 0.15) is 62.4 Å². The summed E-state index contributed by atoms with van der Waals surface area (Å²) in [6.45, 7) is 3.19. The van der Waals surface area contributed by atoms with Crippen LogP contribution in [0.3, 0.4) is 0 Å². The molecule has 0 radical (unpaired) electrons. The zero-order chi connectivity index (χ0) is 27.3. The Bertz CT molecular complexity index is 1310. The molecule has 39 heavy (non-hydrogen) atoms. The van der Waals surface area contributed by atoms with Crippen molar-refractivity contribution in [3.05, 3.63) is 90.3 Å². The summed E-state index contributed by atoms with van der Waals surface area (Å²) in [6, 6.07) is 18.3. The molecule has 0 aliphatic carbocycles. The fraction of sp³-hybridized carbons (Fsp3) is 0.355. The number of carbonyl (C=O) groups excluding carboxylic acids is 2. The van der Waals surface area contributed by atoms with Crippen LogP contribution in [-0.2, 0) is 29.0 Å². The first-order chi connectivity index (χ1) is 19.1. The number of unbranched alkanes of at least 4 members (excludes halogenated alkanes) is 5. The van der Waals surface area contributed by atoms with E-state index in [1.54, 1.807) is 17.1 Å². The van der Waals surface area contributed by atoms with Gasteiger partial charge in [0.2, 0.25) is 11.0 Å². The van der Waals surface area contributed by atoms with E-state index in [1.807, 2.05) is 48.7 Å². The van der Waals surface area contributed by atoms with E-state index in [0.29, 0.717) is 18.0 Å². The molecule has 0 fully saturated rings. The van der Waals surface area contributed by atoms with Gasteiger partial charge < -0.3 is 14.9 Å². The molecule has 0 saturated heterocycles. The van der Waals surface area contributed by atoms with Gasteiger partial charge in [0.15, 0.2) is 5.16 Å². The third-order valence-electron chi connectivity index (χ3n) is 6.46. The quantitative estimate of drug-likeness (QED) is 0.138. The maximum Gasteiger partial charge on any atom is 0.239 e. The van der Waals surface area contributed by atoms with Gasteiger partial charge in [-0.15, -0.1) is 0 Å². The van der Waals surface area contributed by atoms with Crippen LogP contribution in [0.2, 0.25) is 0 Å². The van der Waals surface area contributed by atoms with E-state index >= 15 is 0 Å². The van der Waals surface area contributed by atoms with E-state index in [2.05, 4.69) is 39.3 Å². The number of amides is 1. The van der Waals surface area contributed by atoms with Crippen molar-refractivity contribution in [2.24, 2.45) is 0 Å². The standard InChI is InChI=1S/C31H37N5O2S/c1-2-3-4-5-6-10-17-32-29(37)22-36-21-28(34-23-36)19-27-20-33-31(35-27)39-30(38)18-24-13-15-26(16-14-24)25-11-8-7-9-12-25/h7-9,11-16,20-21,23H,2-6,10,17-19,22H2,1H3,(H,32,37)(H,33,35). The second kappa shape index (κ2) is 15.1. The first kappa shape index (κ1) is 28.4. The van der Waals surface area contributed by atoms with Crippen LogP contribution in [-0.4, -0.2) is 37.1 Å². The first-order valence-electron chi connectivity index (χ1n) is 13.8. The summed E-state index contributed by atoms with van der Waals surface area (Å²) in [6.07, 6.45) is 13.4. The molecule has 0 saturated carbocycles. The van der Waals surface area contributed by atoms with Crippen molar-refractivity contribution in [1.82, 2.24) is 24.8 Å². The Labute approximate surface area is 234 Å². The molecule has 1 amide bonds. The summed E-state index contributed by atoms with van der Waals surface area (Å²) >= 11 is 1.11. The molecule has 2 N–H and O–H groups in total. The largest absolute Gasteiger partial charge is 0.355 e. The maximum atomic E-state index is 12.6. The minimum Gasteiger partial charge on any atom is -0.355 e. The van der Waals surface area contributed by atoms with Crippen LogP contribution in [0.15, 0.2) is 78.5 Å². The van der Waals surface area contributed by atoms with E-state index < -0.39 is 0 Å². The zero-order valence-corrected chi connectivity index (χ0v) is 23.4. The van der Waals surface area contributed by atoms with Gasteiger partial charge in [-0.2, -0.15) is 0 Å². The number of aromatic amines is 1. The van der Waals surface area contributed by atoms with E-state index in [9.17, 15) is 9.59 Å².